The molecule has 1 amide bonds. The summed E-state index contributed by atoms with van der Waals surface area (Å²) >= 11 is 4.38. The third-order valence-electron chi connectivity index (χ3n) is 3.02. The van der Waals surface area contributed by atoms with Crippen LogP contribution in [0.4, 0.5) is 5.69 Å². The Labute approximate surface area is 105 Å². The van der Waals surface area contributed by atoms with Crippen LogP contribution in [0.2, 0.25) is 0 Å². The number of rotatable bonds is 1. The third-order valence-corrected chi connectivity index (χ3v) is 3.36. The molecule has 1 aromatic carbocycles. The van der Waals surface area contributed by atoms with Crippen molar-refractivity contribution in [3.05, 3.63) is 36.5 Å². The van der Waals surface area contributed by atoms with Gasteiger partial charge in [-0.25, -0.2) is 0 Å². The van der Waals surface area contributed by atoms with Crippen LogP contribution in [0.1, 0.15) is 6.42 Å². The van der Waals surface area contributed by atoms with E-state index in [0.29, 0.717) is 13.0 Å². The topological polar surface area (TPSA) is 33.2 Å². The Morgan fingerprint density at radius 3 is 2.94 bits per heavy atom. The number of carbonyl (C=O) groups is 1. The molecule has 0 spiro atoms. The minimum Gasteiger partial charge on any atom is -0.311 e. The fourth-order valence-electron chi connectivity index (χ4n) is 2.24. The van der Waals surface area contributed by atoms with Gasteiger partial charge in [0.1, 0.15) is 0 Å². The lowest BCUT2D eigenvalue weighted by atomic mass is 10.1. The number of hydrogen-bond donors (Lipinski definition) is 1. The molecule has 1 aliphatic rings. The molecule has 86 valence electrons. The number of anilines is 1. The largest absolute Gasteiger partial charge is 0.311 e. The summed E-state index contributed by atoms with van der Waals surface area (Å²) in [5.74, 6) is 0.140. The lowest BCUT2D eigenvalue weighted by Gasteiger charge is -2.17. The molecular formula is C13H12N2OS. The van der Waals surface area contributed by atoms with Gasteiger partial charge in [-0.05, 0) is 24.3 Å². The Hall–Kier alpha value is -1.55. The number of amides is 1. The molecule has 1 aliphatic heterocycles. The maximum Gasteiger partial charge on any atom is 0.228 e. The van der Waals surface area contributed by atoms with Gasteiger partial charge in [0.15, 0.2) is 0 Å². The molecule has 2 heterocycles. The number of thiol groups is 1. The highest BCUT2D eigenvalue weighted by molar-refractivity contribution is 7.81. The van der Waals surface area contributed by atoms with Gasteiger partial charge in [0.05, 0.1) is 11.2 Å². The number of fused-ring (bicyclic) bond motifs is 1. The Morgan fingerprint density at radius 2 is 2.18 bits per heavy atom. The molecule has 1 unspecified atom stereocenters. The smallest absolute Gasteiger partial charge is 0.228 e. The van der Waals surface area contributed by atoms with Crippen molar-refractivity contribution < 1.29 is 4.79 Å². The van der Waals surface area contributed by atoms with E-state index in [2.05, 4.69) is 17.6 Å². The van der Waals surface area contributed by atoms with Crippen molar-refractivity contribution >= 4 is 35.1 Å². The van der Waals surface area contributed by atoms with Gasteiger partial charge in [-0.1, -0.05) is 6.07 Å². The first-order valence-corrected chi connectivity index (χ1v) is 6.09. The zero-order chi connectivity index (χ0) is 11.8. The van der Waals surface area contributed by atoms with Gasteiger partial charge in [0.2, 0.25) is 5.91 Å². The molecule has 4 heteroatoms. The first-order valence-electron chi connectivity index (χ1n) is 5.58. The molecule has 1 aromatic heterocycles. The van der Waals surface area contributed by atoms with Crippen molar-refractivity contribution in [2.75, 3.05) is 11.4 Å². The summed E-state index contributed by atoms with van der Waals surface area (Å²) in [5, 5.41) is 1.15. The SMILES string of the molecule is O=C1CC(S)CN1c1cccc2ncccc12. The highest BCUT2D eigenvalue weighted by atomic mass is 32.1. The average Bonchev–Trinajstić information content (AvgIpc) is 2.68. The number of nitrogens with zero attached hydrogens (tertiary/aromatic N) is 2. The van der Waals surface area contributed by atoms with Crippen LogP contribution in [0, 0.1) is 0 Å². The molecule has 1 saturated heterocycles. The van der Waals surface area contributed by atoms with Crippen LogP contribution in [0.25, 0.3) is 10.9 Å². The van der Waals surface area contributed by atoms with Crippen LogP contribution in [0.5, 0.6) is 0 Å². The first-order chi connectivity index (χ1) is 8.25. The summed E-state index contributed by atoms with van der Waals surface area (Å²) in [6.45, 7) is 0.677. The van der Waals surface area contributed by atoms with E-state index in [9.17, 15) is 4.79 Å². The van der Waals surface area contributed by atoms with Gasteiger partial charge in [-0.3, -0.25) is 9.78 Å². The van der Waals surface area contributed by atoms with Crippen LogP contribution in [0.3, 0.4) is 0 Å². The zero-order valence-corrected chi connectivity index (χ0v) is 10.1. The summed E-state index contributed by atoms with van der Waals surface area (Å²) < 4.78 is 0. The standard InChI is InChI=1S/C13H12N2OS/c16-13-7-9(17)8-15(13)12-5-1-4-11-10(12)3-2-6-14-11/h1-6,9,17H,7-8H2. The van der Waals surface area contributed by atoms with E-state index in [0.717, 1.165) is 16.6 Å². The predicted molar refractivity (Wildman–Crippen MR) is 71.5 cm³/mol. The molecular weight excluding hydrogens is 232 g/mol. The van der Waals surface area contributed by atoms with Crippen molar-refractivity contribution in [2.24, 2.45) is 0 Å². The molecule has 0 bridgehead atoms. The summed E-state index contributed by atoms with van der Waals surface area (Å²) in [5.41, 5.74) is 1.86. The molecule has 2 aromatic rings. The molecule has 17 heavy (non-hydrogen) atoms. The minimum absolute atomic E-state index is 0.134. The van der Waals surface area contributed by atoms with E-state index in [1.807, 2.05) is 35.2 Å². The van der Waals surface area contributed by atoms with E-state index in [-0.39, 0.29) is 11.2 Å². The summed E-state index contributed by atoms with van der Waals surface area (Å²) in [4.78, 5) is 18.0. The van der Waals surface area contributed by atoms with Gasteiger partial charge < -0.3 is 4.90 Å². The normalized spacial score (nSPS) is 20.2. The molecule has 3 rings (SSSR count). The Bertz CT molecular complexity index is 579. The summed E-state index contributed by atoms with van der Waals surface area (Å²) in [6.07, 6.45) is 2.28. The minimum atomic E-state index is 0.134. The van der Waals surface area contributed by atoms with Crippen LogP contribution >= 0.6 is 12.6 Å². The Morgan fingerprint density at radius 1 is 1.29 bits per heavy atom. The molecule has 0 saturated carbocycles. The van der Waals surface area contributed by atoms with Crippen LogP contribution < -0.4 is 4.90 Å². The van der Waals surface area contributed by atoms with E-state index < -0.39 is 0 Å². The van der Waals surface area contributed by atoms with Crippen molar-refractivity contribution in [1.29, 1.82) is 0 Å². The molecule has 1 atom stereocenters. The van der Waals surface area contributed by atoms with Gasteiger partial charge >= 0.3 is 0 Å². The maximum atomic E-state index is 11.9. The molecule has 0 radical (unpaired) electrons. The van der Waals surface area contributed by atoms with Crippen molar-refractivity contribution in [1.82, 2.24) is 4.98 Å². The van der Waals surface area contributed by atoms with Crippen molar-refractivity contribution in [3.63, 3.8) is 0 Å². The van der Waals surface area contributed by atoms with Gasteiger partial charge in [-0.2, -0.15) is 12.6 Å². The fourth-order valence-corrected chi connectivity index (χ4v) is 2.56. The number of carbonyl (C=O) groups excluding carboxylic acids is 1. The van der Waals surface area contributed by atoms with Gasteiger partial charge in [0, 0.05) is 29.8 Å². The van der Waals surface area contributed by atoms with Gasteiger partial charge in [0.25, 0.3) is 0 Å². The fraction of sp³-hybridized carbons (Fsp3) is 0.231. The second-order valence-corrected chi connectivity index (χ2v) is 4.94. The number of aromatic nitrogens is 1. The lowest BCUT2D eigenvalue weighted by molar-refractivity contribution is -0.117. The molecule has 1 fully saturated rings. The van der Waals surface area contributed by atoms with Gasteiger partial charge in [-0.15, -0.1) is 0 Å². The lowest BCUT2D eigenvalue weighted by Crippen LogP contribution is -2.24. The van der Waals surface area contributed by atoms with E-state index in [1.165, 1.54) is 0 Å². The third kappa shape index (κ3) is 1.78. The predicted octanol–water partition coefficient (Wildman–Crippen LogP) is 2.27. The van der Waals surface area contributed by atoms with Crippen LogP contribution in [-0.2, 0) is 4.79 Å². The number of hydrogen-bond acceptors (Lipinski definition) is 3. The zero-order valence-electron chi connectivity index (χ0n) is 9.21. The van der Waals surface area contributed by atoms with Crippen molar-refractivity contribution in [3.8, 4) is 0 Å². The molecule has 3 nitrogen and oxygen atoms in total. The van der Waals surface area contributed by atoms with E-state index in [4.69, 9.17) is 0 Å². The van der Waals surface area contributed by atoms with Crippen molar-refractivity contribution in [2.45, 2.75) is 11.7 Å². The summed E-state index contributed by atoms with van der Waals surface area (Å²) in [6, 6.07) is 9.75. The van der Waals surface area contributed by atoms with Crippen LogP contribution in [0.15, 0.2) is 36.5 Å². The second-order valence-electron chi connectivity index (χ2n) is 4.21. The first kappa shape index (κ1) is 10.6. The Balaban J connectivity index is 2.14. The highest BCUT2D eigenvalue weighted by Gasteiger charge is 2.29. The van der Waals surface area contributed by atoms with E-state index in [1.54, 1.807) is 6.20 Å². The average molecular weight is 244 g/mol. The molecule has 0 N–H and O–H groups in total. The summed E-state index contributed by atoms with van der Waals surface area (Å²) in [7, 11) is 0. The van der Waals surface area contributed by atoms with Crippen LogP contribution in [-0.4, -0.2) is 22.7 Å². The number of benzene rings is 1. The Kier molecular flexibility index (Phi) is 2.52. The maximum absolute atomic E-state index is 11.9. The highest BCUT2D eigenvalue weighted by Crippen LogP contribution is 2.30. The monoisotopic (exact) mass is 244 g/mol. The number of pyridine rings is 1. The quantitative estimate of drug-likeness (QED) is 0.781. The van der Waals surface area contributed by atoms with E-state index >= 15 is 0 Å². The molecule has 0 aliphatic carbocycles. The second kappa shape index (κ2) is 4.04.